The topological polar surface area (TPSA) is 86.3 Å². The molecule has 15 heavy (non-hydrogen) atoms. The predicted octanol–water partition coefficient (Wildman–Crippen LogP) is -0.0929. The van der Waals surface area contributed by atoms with Crippen LogP contribution in [0.3, 0.4) is 0 Å². The highest BCUT2D eigenvalue weighted by Crippen LogP contribution is 1.92. The maximum Gasteiger partial charge on any atom is 0.220 e. The first kappa shape index (κ1) is 14.0. The third kappa shape index (κ3) is 9.30. The lowest BCUT2D eigenvalue weighted by Crippen LogP contribution is -2.27. The van der Waals surface area contributed by atoms with Crippen molar-refractivity contribution < 1.29 is 18.4 Å². The molecule has 0 aromatic heterocycles. The van der Waals surface area contributed by atoms with Gasteiger partial charge in [-0.3, -0.25) is 13.8 Å². The van der Waals surface area contributed by atoms with Gasteiger partial charge in [-0.1, -0.05) is 17.2 Å². The van der Waals surface area contributed by atoms with Crippen molar-refractivity contribution in [3.05, 3.63) is 12.2 Å². The van der Waals surface area contributed by atoms with Crippen molar-refractivity contribution in [3.8, 4) is 0 Å². The maximum atomic E-state index is 11.0. The minimum Gasteiger partial charge on any atom is -0.772 e. The molecule has 0 aliphatic rings. The van der Waals surface area contributed by atoms with Crippen LogP contribution in [0.5, 0.6) is 0 Å². The Kier molecular flexibility index (Phi) is 7.75. The van der Waals surface area contributed by atoms with Crippen LogP contribution in [0.1, 0.15) is 19.8 Å². The Hall–Kier alpha value is -1.01. The molecule has 5 nitrogen and oxygen atoms in total. The van der Waals surface area contributed by atoms with Crippen LogP contribution in [0, 0.1) is 0 Å². The van der Waals surface area contributed by atoms with Crippen LogP contribution in [0.2, 0.25) is 0 Å². The first-order valence-corrected chi connectivity index (χ1v) is 5.78. The molecule has 1 atom stereocenters. The van der Waals surface area contributed by atoms with Crippen LogP contribution in [0.15, 0.2) is 12.2 Å². The molecule has 0 aromatic carbocycles. The van der Waals surface area contributed by atoms with Gasteiger partial charge in [0, 0.05) is 25.1 Å². The number of hydrogen-bond donors (Lipinski definition) is 1. The summed E-state index contributed by atoms with van der Waals surface area (Å²) in [4.78, 5) is 22.0. The zero-order valence-corrected chi connectivity index (χ0v) is 9.34. The summed E-state index contributed by atoms with van der Waals surface area (Å²) in [5.74, 6) is -0.521. The van der Waals surface area contributed by atoms with Crippen LogP contribution in [-0.4, -0.2) is 32.7 Å². The molecular weight excluding hydrogens is 218 g/mol. The maximum absolute atomic E-state index is 11.0. The van der Waals surface area contributed by atoms with Crippen molar-refractivity contribution in [2.24, 2.45) is 0 Å². The van der Waals surface area contributed by atoms with Gasteiger partial charge in [0.1, 0.15) is 0 Å². The Balaban J connectivity index is 3.57. The van der Waals surface area contributed by atoms with E-state index in [1.807, 2.05) is 0 Å². The quantitative estimate of drug-likeness (QED) is 0.491. The number of allylic oxidation sites excluding steroid dienone is 2. The number of amides is 1. The highest BCUT2D eigenvalue weighted by molar-refractivity contribution is 7.79. The number of rotatable bonds is 7. The molecule has 0 aromatic rings. The van der Waals surface area contributed by atoms with E-state index in [1.165, 1.54) is 6.08 Å². The third-order valence-electron chi connectivity index (χ3n) is 1.54. The molecular formula is C9H14NO4S-. The fourth-order valence-corrected chi connectivity index (χ4v) is 1.14. The third-order valence-corrected chi connectivity index (χ3v) is 2.08. The summed E-state index contributed by atoms with van der Waals surface area (Å²) in [5.41, 5.74) is 0. The average Bonchev–Trinajstić information content (AvgIpc) is 2.14. The molecule has 6 heteroatoms. The smallest absolute Gasteiger partial charge is 0.220 e. The summed E-state index contributed by atoms with van der Waals surface area (Å²) in [6.45, 7) is 1.81. The normalized spacial score (nSPS) is 12.7. The largest absolute Gasteiger partial charge is 0.772 e. The fourth-order valence-electron chi connectivity index (χ4n) is 0.868. The van der Waals surface area contributed by atoms with Gasteiger partial charge in [-0.25, -0.2) is 0 Å². The lowest BCUT2D eigenvalue weighted by molar-refractivity contribution is -0.123. The zero-order valence-electron chi connectivity index (χ0n) is 8.52. The van der Waals surface area contributed by atoms with Crippen molar-refractivity contribution in [1.82, 2.24) is 5.32 Å². The van der Waals surface area contributed by atoms with Gasteiger partial charge in [0.25, 0.3) is 0 Å². The Labute approximate surface area is 91.2 Å². The molecule has 86 valence electrons. The van der Waals surface area contributed by atoms with Gasteiger partial charge < -0.3 is 9.87 Å². The summed E-state index contributed by atoms with van der Waals surface area (Å²) < 4.78 is 20.2. The van der Waals surface area contributed by atoms with Gasteiger partial charge in [0.15, 0.2) is 5.78 Å². The van der Waals surface area contributed by atoms with Crippen LogP contribution >= 0.6 is 0 Å². The molecule has 0 fully saturated rings. The van der Waals surface area contributed by atoms with Crippen molar-refractivity contribution in [3.63, 3.8) is 0 Å². The lowest BCUT2D eigenvalue weighted by Gasteiger charge is -2.06. The van der Waals surface area contributed by atoms with E-state index in [1.54, 1.807) is 13.0 Å². The van der Waals surface area contributed by atoms with Crippen molar-refractivity contribution in [2.45, 2.75) is 19.8 Å². The molecule has 0 bridgehead atoms. The van der Waals surface area contributed by atoms with E-state index in [0.29, 0.717) is 0 Å². The number of carbonyl (C=O) groups excluding carboxylic acids is 2. The molecule has 1 unspecified atom stereocenters. The molecule has 0 radical (unpaired) electrons. The number of nitrogens with one attached hydrogen (secondary N) is 1. The minimum absolute atomic E-state index is 0.0900. The molecule has 0 saturated carbocycles. The summed E-state index contributed by atoms with van der Waals surface area (Å²) in [7, 11) is 0. The van der Waals surface area contributed by atoms with Gasteiger partial charge in [-0.15, -0.1) is 0 Å². The van der Waals surface area contributed by atoms with E-state index in [2.05, 4.69) is 5.32 Å². The van der Waals surface area contributed by atoms with Crippen molar-refractivity contribution in [2.75, 3.05) is 12.3 Å². The van der Waals surface area contributed by atoms with E-state index < -0.39 is 11.1 Å². The summed E-state index contributed by atoms with van der Waals surface area (Å²) in [6, 6.07) is 0. The molecule has 0 aliphatic heterocycles. The van der Waals surface area contributed by atoms with Crippen molar-refractivity contribution >= 4 is 22.8 Å². The average molecular weight is 232 g/mol. The van der Waals surface area contributed by atoms with E-state index in [9.17, 15) is 18.4 Å². The molecule has 0 spiro atoms. The van der Waals surface area contributed by atoms with Gasteiger partial charge in [0.05, 0.1) is 0 Å². The van der Waals surface area contributed by atoms with E-state index in [-0.39, 0.29) is 36.8 Å². The molecule has 0 heterocycles. The standard InChI is InChI=1S/C9H15NO4S/c1-2-3-8(11)4-5-9(12)10-6-7-15(13)14/h2-3H,4-7H2,1H3,(H,10,12)(H,13,14)/p-1. The van der Waals surface area contributed by atoms with Gasteiger partial charge in [-0.2, -0.15) is 0 Å². The Bertz CT molecular complexity index is 275. The predicted molar refractivity (Wildman–Crippen MR) is 55.9 cm³/mol. The minimum atomic E-state index is -2.14. The van der Waals surface area contributed by atoms with Crippen LogP contribution < -0.4 is 5.32 Å². The van der Waals surface area contributed by atoms with Crippen molar-refractivity contribution in [1.29, 1.82) is 0 Å². The molecule has 1 N–H and O–H groups in total. The molecule has 0 aliphatic carbocycles. The second-order valence-corrected chi connectivity index (χ2v) is 3.84. The first-order valence-electron chi connectivity index (χ1n) is 4.54. The molecule has 0 rings (SSSR count). The Morgan fingerprint density at radius 1 is 1.40 bits per heavy atom. The highest BCUT2D eigenvalue weighted by Gasteiger charge is 2.03. The van der Waals surface area contributed by atoms with Crippen LogP contribution in [0.4, 0.5) is 0 Å². The van der Waals surface area contributed by atoms with Gasteiger partial charge in [0.2, 0.25) is 5.91 Å². The summed E-state index contributed by atoms with van der Waals surface area (Å²) in [6.07, 6.45) is 3.26. The number of carbonyl (C=O) groups is 2. The van der Waals surface area contributed by atoms with Crippen LogP contribution in [0.25, 0.3) is 0 Å². The van der Waals surface area contributed by atoms with Crippen LogP contribution in [-0.2, 0) is 20.7 Å². The Morgan fingerprint density at radius 2 is 2.07 bits per heavy atom. The zero-order chi connectivity index (χ0) is 11.7. The number of ketones is 1. The SMILES string of the molecule is CC=CC(=O)CCC(=O)NCCS(=O)[O-]. The number of hydrogen-bond acceptors (Lipinski definition) is 4. The Morgan fingerprint density at radius 3 is 2.60 bits per heavy atom. The second kappa shape index (κ2) is 8.31. The van der Waals surface area contributed by atoms with Gasteiger partial charge >= 0.3 is 0 Å². The lowest BCUT2D eigenvalue weighted by atomic mass is 10.2. The second-order valence-electron chi connectivity index (χ2n) is 2.82. The first-order chi connectivity index (χ1) is 7.06. The summed E-state index contributed by atoms with van der Waals surface area (Å²) in [5, 5.41) is 2.40. The summed E-state index contributed by atoms with van der Waals surface area (Å²) >= 11 is -2.14. The molecule has 0 saturated heterocycles. The van der Waals surface area contributed by atoms with E-state index in [4.69, 9.17) is 0 Å². The molecule has 1 amide bonds. The van der Waals surface area contributed by atoms with E-state index in [0.717, 1.165) is 0 Å². The monoisotopic (exact) mass is 232 g/mol. The van der Waals surface area contributed by atoms with Gasteiger partial charge in [-0.05, 0) is 13.0 Å². The highest BCUT2D eigenvalue weighted by atomic mass is 32.2. The fraction of sp³-hybridized carbons (Fsp3) is 0.556. The van der Waals surface area contributed by atoms with E-state index >= 15 is 0 Å².